The molecule has 0 aliphatic rings. The third-order valence-corrected chi connectivity index (χ3v) is 2.31. The Bertz CT molecular complexity index is 397. The molecule has 1 heterocycles. The highest BCUT2D eigenvalue weighted by Gasteiger charge is 2.16. The summed E-state index contributed by atoms with van der Waals surface area (Å²) >= 11 is 0. The lowest BCUT2D eigenvalue weighted by Crippen LogP contribution is -2.26. The van der Waals surface area contributed by atoms with Gasteiger partial charge in [-0.1, -0.05) is 13.8 Å². The van der Waals surface area contributed by atoms with E-state index >= 15 is 0 Å². The van der Waals surface area contributed by atoms with Crippen LogP contribution >= 0.6 is 0 Å². The van der Waals surface area contributed by atoms with Crippen LogP contribution in [0.25, 0.3) is 0 Å². The number of nitrogens with zero attached hydrogens (tertiary/aromatic N) is 2. The van der Waals surface area contributed by atoms with E-state index in [-0.39, 0.29) is 5.60 Å². The fraction of sp³-hybridized carbons (Fsp3) is 0.643. The van der Waals surface area contributed by atoms with E-state index in [0.29, 0.717) is 17.5 Å². The fourth-order valence-electron chi connectivity index (χ4n) is 1.67. The first-order valence-corrected chi connectivity index (χ1v) is 6.35. The second-order valence-electron chi connectivity index (χ2n) is 6.05. The number of hydrogen-bond donors (Lipinski definition) is 1. The van der Waals surface area contributed by atoms with Gasteiger partial charge < -0.3 is 15.4 Å². The number of anilines is 2. The van der Waals surface area contributed by atoms with E-state index in [1.807, 2.05) is 40.0 Å². The van der Waals surface area contributed by atoms with Crippen molar-refractivity contribution in [2.24, 2.45) is 5.92 Å². The topological polar surface area (TPSA) is 51.4 Å². The number of nitrogen functional groups attached to an aromatic ring is 1. The van der Waals surface area contributed by atoms with Crippen LogP contribution in [0.5, 0.6) is 5.88 Å². The average Bonchev–Trinajstić information content (AvgIpc) is 2.18. The molecule has 0 aromatic carbocycles. The van der Waals surface area contributed by atoms with Gasteiger partial charge in [-0.2, -0.15) is 4.98 Å². The minimum atomic E-state index is -0.295. The van der Waals surface area contributed by atoms with E-state index in [1.54, 1.807) is 0 Å². The van der Waals surface area contributed by atoms with Gasteiger partial charge in [-0.3, -0.25) is 0 Å². The van der Waals surface area contributed by atoms with Crippen LogP contribution in [0.3, 0.4) is 0 Å². The van der Waals surface area contributed by atoms with Crippen LogP contribution in [-0.2, 0) is 0 Å². The Morgan fingerprint density at radius 2 is 1.94 bits per heavy atom. The molecule has 0 amide bonds. The molecule has 1 aromatic rings. The number of nitrogens with two attached hydrogens (primary N) is 1. The molecule has 0 aliphatic heterocycles. The standard InChI is InChI=1S/C14H25N3O/c1-10(2)9-17(6)12-8-7-11(15)13(16-12)18-14(3,4)5/h7-8,10H,9,15H2,1-6H3. The Kier molecular flexibility index (Phi) is 4.43. The molecule has 0 aliphatic carbocycles. The molecule has 1 aromatic heterocycles. The second kappa shape index (κ2) is 5.46. The predicted octanol–water partition coefficient (Wildman–Crippen LogP) is 2.93. The molecular weight excluding hydrogens is 226 g/mol. The molecular formula is C14H25N3O. The number of ether oxygens (including phenoxy) is 1. The molecule has 4 nitrogen and oxygen atoms in total. The highest BCUT2D eigenvalue weighted by atomic mass is 16.5. The van der Waals surface area contributed by atoms with Crippen LogP contribution in [0.4, 0.5) is 11.5 Å². The maximum Gasteiger partial charge on any atom is 0.239 e. The minimum absolute atomic E-state index is 0.295. The van der Waals surface area contributed by atoms with Crippen LogP contribution in [0.15, 0.2) is 12.1 Å². The first-order valence-electron chi connectivity index (χ1n) is 6.35. The summed E-state index contributed by atoms with van der Waals surface area (Å²) in [5.74, 6) is 1.98. The summed E-state index contributed by atoms with van der Waals surface area (Å²) < 4.78 is 5.77. The number of hydrogen-bond acceptors (Lipinski definition) is 4. The molecule has 0 fully saturated rings. The van der Waals surface area contributed by atoms with E-state index in [1.165, 1.54) is 0 Å². The van der Waals surface area contributed by atoms with Gasteiger partial charge in [0.2, 0.25) is 5.88 Å². The zero-order valence-corrected chi connectivity index (χ0v) is 12.3. The lowest BCUT2D eigenvalue weighted by molar-refractivity contribution is 0.125. The SMILES string of the molecule is CC(C)CN(C)c1ccc(N)c(OC(C)(C)C)n1. The maximum atomic E-state index is 5.89. The van der Waals surface area contributed by atoms with Gasteiger partial charge in [0.15, 0.2) is 0 Å². The number of rotatable bonds is 4. The van der Waals surface area contributed by atoms with Crippen molar-refractivity contribution in [2.75, 3.05) is 24.2 Å². The van der Waals surface area contributed by atoms with E-state index in [2.05, 4.69) is 23.7 Å². The average molecular weight is 251 g/mol. The van der Waals surface area contributed by atoms with Gasteiger partial charge in [-0.25, -0.2) is 0 Å². The zero-order chi connectivity index (χ0) is 13.9. The van der Waals surface area contributed by atoms with Crippen molar-refractivity contribution in [1.82, 2.24) is 4.98 Å². The van der Waals surface area contributed by atoms with Gasteiger partial charge in [-0.05, 0) is 38.8 Å². The molecule has 4 heteroatoms. The largest absolute Gasteiger partial charge is 0.470 e. The summed E-state index contributed by atoms with van der Waals surface area (Å²) in [6.07, 6.45) is 0. The van der Waals surface area contributed by atoms with Crippen molar-refractivity contribution in [1.29, 1.82) is 0 Å². The van der Waals surface area contributed by atoms with Crippen LogP contribution in [-0.4, -0.2) is 24.2 Å². The highest BCUT2D eigenvalue weighted by Crippen LogP contribution is 2.26. The number of aromatic nitrogens is 1. The maximum absolute atomic E-state index is 5.89. The van der Waals surface area contributed by atoms with E-state index < -0.39 is 0 Å². The van der Waals surface area contributed by atoms with Gasteiger partial charge in [0, 0.05) is 13.6 Å². The molecule has 0 radical (unpaired) electrons. The Balaban J connectivity index is 2.93. The lowest BCUT2D eigenvalue weighted by atomic mass is 10.2. The summed E-state index contributed by atoms with van der Waals surface area (Å²) in [6.45, 7) is 11.3. The van der Waals surface area contributed by atoms with Crippen molar-refractivity contribution < 1.29 is 4.74 Å². The molecule has 1 rings (SSSR count). The second-order valence-corrected chi connectivity index (χ2v) is 6.05. The fourth-order valence-corrected chi connectivity index (χ4v) is 1.67. The normalized spacial score (nSPS) is 11.7. The van der Waals surface area contributed by atoms with Crippen LogP contribution in [0, 0.1) is 5.92 Å². The lowest BCUT2D eigenvalue weighted by Gasteiger charge is -2.24. The Labute approximate surface area is 110 Å². The van der Waals surface area contributed by atoms with Crippen LogP contribution < -0.4 is 15.4 Å². The molecule has 102 valence electrons. The highest BCUT2D eigenvalue weighted by molar-refractivity contribution is 5.54. The molecule has 0 atom stereocenters. The van der Waals surface area contributed by atoms with Gasteiger partial charge in [-0.15, -0.1) is 0 Å². The first kappa shape index (κ1) is 14.6. The quantitative estimate of drug-likeness (QED) is 0.894. The third kappa shape index (κ3) is 4.43. The van der Waals surface area contributed by atoms with E-state index in [4.69, 9.17) is 10.5 Å². The summed E-state index contributed by atoms with van der Waals surface area (Å²) in [5, 5.41) is 0. The number of pyridine rings is 1. The Morgan fingerprint density at radius 1 is 1.33 bits per heavy atom. The monoisotopic (exact) mass is 251 g/mol. The molecule has 0 spiro atoms. The van der Waals surface area contributed by atoms with Crippen LogP contribution in [0.2, 0.25) is 0 Å². The molecule has 0 bridgehead atoms. The molecule has 0 unspecified atom stereocenters. The van der Waals surface area contributed by atoms with Crippen LogP contribution in [0.1, 0.15) is 34.6 Å². The Morgan fingerprint density at radius 3 is 2.44 bits per heavy atom. The molecule has 0 saturated carbocycles. The van der Waals surface area contributed by atoms with Crippen molar-refractivity contribution in [3.05, 3.63) is 12.1 Å². The van der Waals surface area contributed by atoms with Crippen molar-refractivity contribution in [3.8, 4) is 5.88 Å². The third-order valence-electron chi connectivity index (χ3n) is 2.31. The summed E-state index contributed by atoms with van der Waals surface area (Å²) in [6, 6.07) is 3.77. The minimum Gasteiger partial charge on any atom is -0.470 e. The van der Waals surface area contributed by atoms with E-state index in [0.717, 1.165) is 12.4 Å². The van der Waals surface area contributed by atoms with Crippen molar-refractivity contribution in [3.63, 3.8) is 0 Å². The summed E-state index contributed by atoms with van der Waals surface area (Å²) in [4.78, 5) is 6.60. The Hall–Kier alpha value is -1.45. The molecule has 2 N–H and O–H groups in total. The van der Waals surface area contributed by atoms with Crippen molar-refractivity contribution >= 4 is 11.5 Å². The van der Waals surface area contributed by atoms with Gasteiger partial charge in [0.05, 0.1) is 5.69 Å². The summed E-state index contributed by atoms with van der Waals surface area (Å²) in [7, 11) is 2.03. The van der Waals surface area contributed by atoms with Gasteiger partial charge in [0.1, 0.15) is 11.4 Å². The first-order chi connectivity index (χ1) is 8.19. The zero-order valence-electron chi connectivity index (χ0n) is 12.3. The van der Waals surface area contributed by atoms with Crippen molar-refractivity contribution in [2.45, 2.75) is 40.2 Å². The predicted molar refractivity (Wildman–Crippen MR) is 77.1 cm³/mol. The molecule has 18 heavy (non-hydrogen) atoms. The molecule has 0 saturated heterocycles. The summed E-state index contributed by atoms with van der Waals surface area (Å²) in [5.41, 5.74) is 6.17. The van der Waals surface area contributed by atoms with E-state index in [9.17, 15) is 0 Å². The van der Waals surface area contributed by atoms with Gasteiger partial charge in [0.25, 0.3) is 0 Å². The van der Waals surface area contributed by atoms with Gasteiger partial charge >= 0.3 is 0 Å². The smallest absolute Gasteiger partial charge is 0.239 e.